The highest BCUT2D eigenvalue weighted by atomic mass is 16.3. The van der Waals surface area contributed by atoms with Crippen LogP contribution < -0.4 is 10.9 Å². The minimum atomic E-state index is -0.699. The third-order valence-corrected chi connectivity index (χ3v) is 6.48. The van der Waals surface area contributed by atoms with E-state index in [1.165, 1.54) is 6.26 Å². The van der Waals surface area contributed by atoms with E-state index < -0.39 is 12.1 Å². The van der Waals surface area contributed by atoms with Gasteiger partial charge in [-0.2, -0.15) is 0 Å². The molecule has 0 unspecified atom stereocenters. The fourth-order valence-corrected chi connectivity index (χ4v) is 5.01. The molecule has 9 heteroatoms. The number of rotatable bonds is 5. The number of piperidine rings is 1. The van der Waals surface area contributed by atoms with Gasteiger partial charge < -0.3 is 19.2 Å². The zero-order valence-corrected chi connectivity index (χ0v) is 17.0. The van der Waals surface area contributed by atoms with Gasteiger partial charge in [-0.15, -0.1) is 0 Å². The lowest BCUT2D eigenvalue weighted by molar-refractivity contribution is -0.134. The summed E-state index contributed by atoms with van der Waals surface area (Å²) in [6.45, 7) is 1.91. The van der Waals surface area contributed by atoms with Crippen LogP contribution >= 0.6 is 0 Å². The number of carbonyl (C=O) groups excluding carboxylic acids is 3. The van der Waals surface area contributed by atoms with Crippen molar-refractivity contribution < 1.29 is 18.8 Å². The molecule has 2 aromatic heterocycles. The van der Waals surface area contributed by atoms with Crippen LogP contribution in [0.3, 0.4) is 0 Å². The molecule has 4 amide bonds. The fraction of sp³-hybridized carbons (Fsp3) is 0.455. The smallest absolute Gasteiger partial charge is 0.325 e. The molecule has 0 spiro atoms. The monoisotopic (exact) mass is 424 g/mol. The maximum atomic E-state index is 12.9. The van der Waals surface area contributed by atoms with E-state index in [2.05, 4.69) is 5.32 Å². The number of fused-ring (bicyclic) bond motifs is 4. The quantitative estimate of drug-likeness (QED) is 0.729. The number of pyridine rings is 1. The van der Waals surface area contributed by atoms with E-state index in [9.17, 15) is 19.2 Å². The molecule has 5 rings (SSSR count). The first-order valence-electron chi connectivity index (χ1n) is 10.6. The van der Waals surface area contributed by atoms with Crippen molar-refractivity contribution in [2.24, 2.45) is 5.92 Å². The molecule has 2 fully saturated rings. The first-order valence-corrected chi connectivity index (χ1v) is 10.6. The van der Waals surface area contributed by atoms with Crippen molar-refractivity contribution in [1.29, 1.82) is 0 Å². The lowest BCUT2D eigenvalue weighted by Crippen LogP contribution is -2.49. The third kappa shape index (κ3) is 3.64. The minimum absolute atomic E-state index is 0.0153. The molecule has 3 atom stereocenters. The topological polar surface area (TPSA) is 105 Å². The molecule has 2 aromatic rings. The lowest BCUT2D eigenvalue weighted by Gasteiger charge is -2.42. The number of hydrogen-bond acceptors (Lipinski definition) is 5. The van der Waals surface area contributed by atoms with E-state index in [1.807, 2.05) is 15.5 Å². The summed E-state index contributed by atoms with van der Waals surface area (Å²) in [4.78, 5) is 52.8. The molecule has 3 aliphatic rings. The van der Waals surface area contributed by atoms with E-state index in [4.69, 9.17) is 4.42 Å². The van der Waals surface area contributed by atoms with Gasteiger partial charge in [-0.05, 0) is 37.0 Å². The van der Waals surface area contributed by atoms with Crippen LogP contribution in [0.4, 0.5) is 4.79 Å². The number of likely N-dealkylation sites (tertiary alicyclic amines) is 1. The highest BCUT2D eigenvalue weighted by molar-refractivity contribution is 6.04. The molecule has 1 N–H and O–H groups in total. The number of furan rings is 1. The Kier molecular flexibility index (Phi) is 4.88. The van der Waals surface area contributed by atoms with Gasteiger partial charge in [0.1, 0.15) is 11.8 Å². The van der Waals surface area contributed by atoms with Gasteiger partial charge in [-0.1, -0.05) is 6.07 Å². The molecule has 0 aliphatic carbocycles. The standard InChI is InChI=1S/C22H24N4O5/c27-19(7-6-17-21(29)26(22(30)23-17)13-16-3-2-8-31-16)24-10-14-9-15(12-24)18-4-1-5-20(28)25(18)11-14/h1-5,8,14-15,17H,6-7,9-13H2,(H,23,30)/t14-,15+,17-/m1/s1. The van der Waals surface area contributed by atoms with Crippen molar-refractivity contribution in [3.05, 3.63) is 58.4 Å². The van der Waals surface area contributed by atoms with Crippen LogP contribution in [0, 0.1) is 5.92 Å². The molecular weight excluding hydrogens is 400 g/mol. The van der Waals surface area contributed by atoms with Crippen LogP contribution in [0.15, 0.2) is 45.8 Å². The van der Waals surface area contributed by atoms with Crippen LogP contribution in [-0.2, 0) is 22.7 Å². The number of nitrogens with one attached hydrogen (secondary N) is 1. The van der Waals surface area contributed by atoms with Crippen LogP contribution in [0.1, 0.15) is 36.6 Å². The van der Waals surface area contributed by atoms with Crippen molar-refractivity contribution in [2.45, 2.75) is 44.3 Å². The van der Waals surface area contributed by atoms with E-state index >= 15 is 0 Å². The number of carbonyl (C=O) groups is 3. The summed E-state index contributed by atoms with van der Waals surface area (Å²) >= 11 is 0. The molecule has 0 saturated carbocycles. The van der Waals surface area contributed by atoms with Gasteiger partial charge >= 0.3 is 6.03 Å². The molecule has 0 radical (unpaired) electrons. The average Bonchev–Trinajstić information content (AvgIpc) is 3.36. The van der Waals surface area contributed by atoms with Gasteiger partial charge in [0.2, 0.25) is 5.91 Å². The Hall–Kier alpha value is -3.36. The summed E-state index contributed by atoms with van der Waals surface area (Å²) in [7, 11) is 0. The molecule has 5 heterocycles. The summed E-state index contributed by atoms with van der Waals surface area (Å²) < 4.78 is 7.05. The predicted octanol–water partition coefficient (Wildman–Crippen LogP) is 1.29. The lowest BCUT2D eigenvalue weighted by atomic mass is 9.83. The van der Waals surface area contributed by atoms with E-state index in [0.717, 1.165) is 17.0 Å². The van der Waals surface area contributed by atoms with Crippen molar-refractivity contribution in [3.63, 3.8) is 0 Å². The normalized spacial score (nSPS) is 24.8. The van der Waals surface area contributed by atoms with Gasteiger partial charge in [-0.25, -0.2) is 4.79 Å². The van der Waals surface area contributed by atoms with Crippen LogP contribution in [0.5, 0.6) is 0 Å². The first-order chi connectivity index (χ1) is 15.0. The zero-order chi connectivity index (χ0) is 21.5. The number of urea groups is 1. The van der Waals surface area contributed by atoms with Gasteiger partial charge in [-0.3, -0.25) is 19.3 Å². The number of amides is 4. The summed E-state index contributed by atoms with van der Waals surface area (Å²) in [5, 5.41) is 2.67. The Morgan fingerprint density at radius 1 is 1.10 bits per heavy atom. The molecule has 3 aliphatic heterocycles. The number of hydrogen-bond donors (Lipinski definition) is 1. The zero-order valence-electron chi connectivity index (χ0n) is 17.0. The summed E-state index contributed by atoms with van der Waals surface area (Å²) in [5.41, 5.74) is 1.01. The van der Waals surface area contributed by atoms with Crippen molar-refractivity contribution >= 4 is 17.8 Å². The Morgan fingerprint density at radius 2 is 1.97 bits per heavy atom. The van der Waals surface area contributed by atoms with Gasteiger partial charge in [0, 0.05) is 43.7 Å². The van der Waals surface area contributed by atoms with Crippen molar-refractivity contribution in [3.8, 4) is 0 Å². The molecule has 9 nitrogen and oxygen atoms in total. The number of imide groups is 1. The van der Waals surface area contributed by atoms with Gasteiger partial charge in [0.25, 0.3) is 11.5 Å². The maximum Gasteiger partial charge on any atom is 0.325 e. The van der Waals surface area contributed by atoms with Crippen LogP contribution in [0.2, 0.25) is 0 Å². The maximum absolute atomic E-state index is 12.9. The Balaban J connectivity index is 1.19. The van der Waals surface area contributed by atoms with Crippen molar-refractivity contribution in [1.82, 2.24) is 19.7 Å². The van der Waals surface area contributed by atoms with Crippen LogP contribution in [0.25, 0.3) is 0 Å². The molecule has 0 aromatic carbocycles. The Labute approximate surface area is 178 Å². The second-order valence-corrected chi connectivity index (χ2v) is 8.54. The largest absolute Gasteiger partial charge is 0.467 e. The molecular formula is C22H24N4O5. The van der Waals surface area contributed by atoms with E-state index in [-0.39, 0.29) is 48.6 Å². The summed E-state index contributed by atoms with van der Waals surface area (Å²) in [6.07, 6.45) is 2.92. The highest BCUT2D eigenvalue weighted by Gasteiger charge is 2.40. The number of aromatic nitrogens is 1. The van der Waals surface area contributed by atoms with Gasteiger partial charge in [0.15, 0.2) is 0 Å². The van der Waals surface area contributed by atoms with E-state index in [1.54, 1.807) is 24.3 Å². The summed E-state index contributed by atoms with van der Waals surface area (Å²) in [6, 6.07) is 7.57. The molecule has 162 valence electrons. The van der Waals surface area contributed by atoms with Crippen LogP contribution in [-0.4, -0.2) is 51.3 Å². The van der Waals surface area contributed by atoms with E-state index in [0.29, 0.717) is 25.4 Å². The second-order valence-electron chi connectivity index (χ2n) is 8.54. The third-order valence-electron chi connectivity index (χ3n) is 6.48. The summed E-state index contributed by atoms with van der Waals surface area (Å²) in [5.74, 6) is 0.583. The van der Waals surface area contributed by atoms with Crippen molar-refractivity contribution in [2.75, 3.05) is 13.1 Å². The molecule has 2 saturated heterocycles. The Morgan fingerprint density at radius 3 is 2.77 bits per heavy atom. The Bertz CT molecular complexity index is 1080. The fourth-order valence-electron chi connectivity index (χ4n) is 5.01. The average molecular weight is 424 g/mol. The van der Waals surface area contributed by atoms with Gasteiger partial charge in [0.05, 0.1) is 12.8 Å². The minimum Gasteiger partial charge on any atom is -0.467 e. The molecule has 31 heavy (non-hydrogen) atoms. The SMILES string of the molecule is O=C(CC[C@H]1NC(=O)N(Cc2ccco2)C1=O)N1C[C@H]2C[C@@H](C1)c1cccc(=O)n1C2. The first kappa shape index (κ1) is 19.6. The second kappa shape index (κ2) is 7.72. The molecule has 2 bridgehead atoms. The highest BCUT2D eigenvalue weighted by Crippen LogP contribution is 2.35. The number of nitrogens with zero attached hydrogens (tertiary/aromatic N) is 3. The predicted molar refractivity (Wildman–Crippen MR) is 109 cm³/mol.